The molecule has 0 bridgehead atoms. The van der Waals surface area contributed by atoms with Crippen molar-refractivity contribution >= 4 is 38.2 Å². The molecule has 0 fully saturated rings. The van der Waals surface area contributed by atoms with Gasteiger partial charge < -0.3 is 10.4 Å². The van der Waals surface area contributed by atoms with Crippen LogP contribution in [0.15, 0.2) is 53.4 Å². The summed E-state index contributed by atoms with van der Waals surface area (Å²) in [5.41, 5.74) is 0.578. The molecule has 3 aromatic carbocycles. The van der Waals surface area contributed by atoms with Gasteiger partial charge in [-0.15, -0.1) is 0 Å². The van der Waals surface area contributed by atoms with Crippen molar-refractivity contribution in [2.75, 3.05) is 5.32 Å². The van der Waals surface area contributed by atoms with Gasteiger partial charge in [0.1, 0.15) is 5.75 Å². The highest BCUT2D eigenvalue weighted by Crippen LogP contribution is 2.31. The van der Waals surface area contributed by atoms with Gasteiger partial charge in [0.15, 0.2) is 0 Å². The Morgan fingerprint density at radius 1 is 1.11 bits per heavy atom. The number of carbonyl (C=O) groups is 1. The predicted octanol–water partition coefficient (Wildman–Crippen LogP) is 3.26. The molecule has 3 rings (SSSR count). The molecule has 1 amide bonds. The lowest BCUT2D eigenvalue weighted by Gasteiger charge is -2.09. The maximum absolute atomic E-state index is 12.4. The normalized spacial score (nSPS) is 11.4. The van der Waals surface area contributed by atoms with E-state index in [4.69, 9.17) is 4.55 Å². The maximum atomic E-state index is 12.4. The van der Waals surface area contributed by atoms with Crippen LogP contribution >= 0.6 is 0 Å². The van der Waals surface area contributed by atoms with Crippen LogP contribution in [0.3, 0.4) is 0 Å². The highest BCUT2D eigenvalue weighted by molar-refractivity contribution is 7.85. The van der Waals surface area contributed by atoms with Gasteiger partial charge in [-0.05, 0) is 42.6 Å². The average Bonchev–Trinajstić information content (AvgIpc) is 2.60. The van der Waals surface area contributed by atoms with Crippen LogP contribution in [0.5, 0.6) is 5.75 Å². The second kappa shape index (κ2) is 6.91. The average molecular weight is 402 g/mol. The molecular formula is C18H14N2O7S. The van der Waals surface area contributed by atoms with Crippen LogP contribution in [0.1, 0.15) is 15.9 Å². The number of aromatic hydroxyl groups is 1. The molecule has 0 unspecified atom stereocenters. The fourth-order valence-electron chi connectivity index (χ4n) is 2.70. The summed E-state index contributed by atoms with van der Waals surface area (Å²) in [6.07, 6.45) is 0. The Labute approximate surface area is 159 Å². The van der Waals surface area contributed by atoms with Gasteiger partial charge in [0.05, 0.1) is 9.82 Å². The Balaban J connectivity index is 1.97. The quantitative estimate of drug-likeness (QED) is 0.345. The van der Waals surface area contributed by atoms with E-state index in [9.17, 15) is 28.4 Å². The summed E-state index contributed by atoms with van der Waals surface area (Å²) in [6, 6.07) is 10.5. The fourth-order valence-corrected chi connectivity index (χ4v) is 3.24. The fraction of sp³-hybridized carbons (Fsp3) is 0.0556. The lowest BCUT2D eigenvalue weighted by Crippen LogP contribution is -2.12. The molecule has 28 heavy (non-hydrogen) atoms. The number of carbonyl (C=O) groups excluding carboxylic acids is 1. The second-order valence-electron chi connectivity index (χ2n) is 6.07. The Morgan fingerprint density at radius 3 is 2.46 bits per heavy atom. The van der Waals surface area contributed by atoms with Gasteiger partial charge in [0.25, 0.3) is 21.7 Å². The molecule has 0 heterocycles. The van der Waals surface area contributed by atoms with E-state index < -0.39 is 25.8 Å². The minimum atomic E-state index is -4.52. The molecular weight excluding hydrogens is 388 g/mol. The van der Waals surface area contributed by atoms with Crippen LogP contribution in [0.4, 0.5) is 11.4 Å². The smallest absolute Gasteiger partial charge is 0.294 e. The van der Waals surface area contributed by atoms with E-state index in [1.165, 1.54) is 30.3 Å². The van der Waals surface area contributed by atoms with Gasteiger partial charge in [0.2, 0.25) is 0 Å². The van der Waals surface area contributed by atoms with Gasteiger partial charge in [-0.2, -0.15) is 8.42 Å². The van der Waals surface area contributed by atoms with E-state index in [1.807, 2.05) is 0 Å². The van der Waals surface area contributed by atoms with E-state index >= 15 is 0 Å². The van der Waals surface area contributed by atoms with Gasteiger partial charge in [-0.1, -0.05) is 6.07 Å². The standard InChI is InChI=1S/C18H14N2O7S/c1-10-2-3-11(8-16(10)20(23)24)18(22)19-13-4-5-15-12(6-13)7-14(9-17(15)21)28(25,26)27/h2-9,21H,1H3,(H,19,22)(H,25,26,27). The van der Waals surface area contributed by atoms with Crippen LogP contribution in [-0.4, -0.2) is 28.9 Å². The zero-order valence-electron chi connectivity index (χ0n) is 14.4. The van der Waals surface area contributed by atoms with Crippen molar-refractivity contribution in [2.24, 2.45) is 0 Å². The van der Waals surface area contributed by atoms with Crippen LogP contribution < -0.4 is 5.32 Å². The summed E-state index contributed by atoms with van der Waals surface area (Å²) in [5.74, 6) is -0.949. The molecule has 0 aromatic heterocycles. The summed E-state index contributed by atoms with van der Waals surface area (Å²) in [4.78, 5) is 22.4. The molecule has 10 heteroatoms. The van der Waals surface area contributed by atoms with E-state index in [2.05, 4.69) is 5.32 Å². The number of nitro benzene ring substituents is 1. The highest BCUT2D eigenvalue weighted by Gasteiger charge is 2.16. The van der Waals surface area contributed by atoms with Crippen molar-refractivity contribution in [2.45, 2.75) is 11.8 Å². The number of nitrogens with zero attached hydrogens (tertiary/aromatic N) is 1. The minimum Gasteiger partial charge on any atom is -0.507 e. The van der Waals surface area contributed by atoms with Gasteiger partial charge >= 0.3 is 0 Å². The zero-order chi connectivity index (χ0) is 20.6. The van der Waals surface area contributed by atoms with Crippen molar-refractivity contribution in [1.29, 1.82) is 0 Å². The first-order valence-electron chi connectivity index (χ1n) is 7.87. The van der Waals surface area contributed by atoms with E-state index in [1.54, 1.807) is 6.92 Å². The number of nitro groups is 1. The molecule has 0 atom stereocenters. The summed E-state index contributed by atoms with van der Waals surface area (Å²) in [7, 11) is -4.52. The van der Waals surface area contributed by atoms with E-state index in [-0.39, 0.29) is 28.1 Å². The highest BCUT2D eigenvalue weighted by atomic mass is 32.2. The first-order chi connectivity index (χ1) is 13.1. The van der Waals surface area contributed by atoms with Crippen molar-refractivity contribution in [3.05, 3.63) is 69.8 Å². The van der Waals surface area contributed by atoms with Crippen molar-refractivity contribution in [3.8, 4) is 5.75 Å². The van der Waals surface area contributed by atoms with E-state index in [0.29, 0.717) is 10.9 Å². The summed E-state index contributed by atoms with van der Waals surface area (Å²) in [5, 5.41) is 24.1. The van der Waals surface area contributed by atoms with Crippen molar-refractivity contribution in [1.82, 2.24) is 0 Å². The Bertz CT molecular complexity index is 1240. The largest absolute Gasteiger partial charge is 0.507 e. The molecule has 0 saturated carbocycles. The number of anilines is 1. The molecule has 0 aliphatic heterocycles. The molecule has 0 radical (unpaired) electrons. The third kappa shape index (κ3) is 3.77. The zero-order valence-corrected chi connectivity index (χ0v) is 15.2. The number of rotatable bonds is 4. The number of nitrogens with one attached hydrogen (secondary N) is 1. The number of amides is 1. The third-order valence-electron chi connectivity index (χ3n) is 4.13. The number of hydrogen-bond donors (Lipinski definition) is 3. The molecule has 0 aliphatic rings. The number of hydrogen-bond acceptors (Lipinski definition) is 6. The van der Waals surface area contributed by atoms with Crippen LogP contribution in [-0.2, 0) is 10.1 Å². The van der Waals surface area contributed by atoms with Crippen molar-refractivity contribution in [3.63, 3.8) is 0 Å². The third-order valence-corrected chi connectivity index (χ3v) is 4.96. The Morgan fingerprint density at radius 2 is 1.82 bits per heavy atom. The molecule has 144 valence electrons. The van der Waals surface area contributed by atoms with Gasteiger partial charge in [-0.25, -0.2) is 0 Å². The molecule has 9 nitrogen and oxygen atoms in total. The Kier molecular flexibility index (Phi) is 4.75. The van der Waals surface area contributed by atoms with Crippen LogP contribution in [0.25, 0.3) is 10.8 Å². The van der Waals surface area contributed by atoms with Crippen LogP contribution in [0.2, 0.25) is 0 Å². The van der Waals surface area contributed by atoms with Crippen molar-refractivity contribution < 1.29 is 27.8 Å². The molecule has 0 saturated heterocycles. The number of phenols is 1. The predicted molar refractivity (Wildman–Crippen MR) is 101 cm³/mol. The summed E-state index contributed by atoms with van der Waals surface area (Å²) in [6.45, 7) is 1.56. The van der Waals surface area contributed by atoms with E-state index in [0.717, 1.165) is 18.2 Å². The van der Waals surface area contributed by atoms with Gasteiger partial charge in [-0.3, -0.25) is 19.5 Å². The topological polar surface area (TPSA) is 147 Å². The first-order valence-corrected chi connectivity index (χ1v) is 9.31. The molecule has 3 N–H and O–H groups in total. The lowest BCUT2D eigenvalue weighted by molar-refractivity contribution is -0.385. The number of fused-ring (bicyclic) bond motifs is 1. The molecule has 0 aliphatic carbocycles. The monoisotopic (exact) mass is 402 g/mol. The lowest BCUT2D eigenvalue weighted by atomic mass is 10.1. The molecule has 0 spiro atoms. The minimum absolute atomic E-state index is 0.0759. The number of phenolic OH excluding ortho intramolecular Hbond substituents is 1. The number of aryl methyl sites for hydroxylation is 1. The van der Waals surface area contributed by atoms with Crippen LogP contribution in [0, 0.1) is 17.0 Å². The Hall–Kier alpha value is -3.50. The second-order valence-corrected chi connectivity index (χ2v) is 7.49. The number of benzene rings is 3. The summed E-state index contributed by atoms with van der Waals surface area (Å²) < 4.78 is 31.8. The van der Waals surface area contributed by atoms with Gasteiger partial charge in [0, 0.05) is 34.3 Å². The first kappa shape index (κ1) is 19.3. The molecule has 3 aromatic rings. The SMILES string of the molecule is Cc1ccc(C(=O)Nc2ccc3c(O)cc(S(=O)(=O)O)cc3c2)cc1[N+](=O)[O-]. The summed E-state index contributed by atoms with van der Waals surface area (Å²) >= 11 is 0. The maximum Gasteiger partial charge on any atom is 0.294 e.